The number of halogens is 1. The number of anilines is 3. The van der Waals surface area contributed by atoms with Crippen LogP contribution in [0.5, 0.6) is 0 Å². The SMILES string of the molecule is CCc1nc2ccc(-c3cnc(N4CCNCC4)nc3)cn2c1N(C)c1nc(-c2ccc(F)cc2)c(C#N)s1. The number of fused-ring (bicyclic) bond motifs is 1. The molecule has 5 heterocycles. The second-order valence-corrected chi connectivity index (χ2v) is 10.2. The van der Waals surface area contributed by atoms with Crippen LogP contribution in [0.25, 0.3) is 28.0 Å². The molecule has 5 aromatic rings. The van der Waals surface area contributed by atoms with E-state index in [2.05, 4.69) is 33.2 Å². The van der Waals surface area contributed by atoms with Crippen LogP contribution in [0.3, 0.4) is 0 Å². The lowest BCUT2D eigenvalue weighted by Crippen LogP contribution is -2.44. The number of hydrogen-bond acceptors (Lipinski definition) is 9. The smallest absolute Gasteiger partial charge is 0.225 e. The molecule has 1 fully saturated rings. The fourth-order valence-electron chi connectivity index (χ4n) is 4.76. The van der Waals surface area contributed by atoms with Gasteiger partial charge in [0.25, 0.3) is 0 Å². The molecule has 1 saturated heterocycles. The van der Waals surface area contributed by atoms with Gasteiger partial charge in [-0.15, -0.1) is 0 Å². The maximum absolute atomic E-state index is 13.5. The number of hydrogen-bond donors (Lipinski definition) is 1. The van der Waals surface area contributed by atoms with Crippen molar-refractivity contribution in [3.63, 3.8) is 0 Å². The lowest BCUT2D eigenvalue weighted by Gasteiger charge is -2.27. The molecule has 1 aromatic carbocycles. The van der Waals surface area contributed by atoms with Crippen LogP contribution < -0.4 is 15.1 Å². The number of rotatable bonds is 6. The van der Waals surface area contributed by atoms with Crippen molar-refractivity contribution >= 4 is 33.9 Å². The molecule has 0 atom stereocenters. The summed E-state index contributed by atoms with van der Waals surface area (Å²) < 4.78 is 15.5. The molecule has 4 aromatic heterocycles. The normalized spacial score (nSPS) is 13.5. The Balaban J connectivity index is 1.37. The summed E-state index contributed by atoms with van der Waals surface area (Å²) in [7, 11) is 1.93. The van der Waals surface area contributed by atoms with Crippen LogP contribution in [0, 0.1) is 17.1 Å². The fourth-order valence-corrected chi connectivity index (χ4v) is 5.61. The van der Waals surface area contributed by atoms with Crippen molar-refractivity contribution in [1.82, 2.24) is 29.7 Å². The van der Waals surface area contributed by atoms with Gasteiger partial charge in [-0.05, 0) is 42.8 Å². The van der Waals surface area contributed by atoms with Crippen LogP contribution in [-0.4, -0.2) is 57.6 Å². The summed E-state index contributed by atoms with van der Waals surface area (Å²) in [4.78, 5) is 23.5. The number of imidazole rings is 1. The van der Waals surface area contributed by atoms with E-state index in [0.717, 1.165) is 66.8 Å². The van der Waals surface area contributed by atoms with Crippen molar-refractivity contribution in [1.29, 1.82) is 5.26 Å². The zero-order valence-corrected chi connectivity index (χ0v) is 22.4. The topological polar surface area (TPSA) is 98.3 Å². The molecule has 1 N–H and O–H groups in total. The van der Waals surface area contributed by atoms with Crippen molar-refractivity contribution in [3.8, 4) is 28.5 Å². The van der Waals surface area contributed by atoms with E-state index < -0.39 is 0 Å². The predicted octanol–water partition coefficient (Wildman–Crippen LogP) is 4.67. The maximum Gasteiger partial charge on any atom is 0.225 e. The fraction of sp³-hybridized carbons (Fsp3) is 0.250. The lowest BCUT2D eigenvalue weighted by atomic mass is 10.1. The standard InChI is InChI=1S/C28H26FN9S/c1-3-22-26(36(2)28-35-25(23(14-30)39-28)18-4-7-21(29)8-5-18)38-17-19(6-9-24(38)34-22)20-15-32-27(33-16-20)37-12-10-31-11-13-37/h4-9,15-17,31H,3,10-13H2,1-2H3. The Hall–Kier alpha value is -4.40. The monoisotopic (exact) mass is 539 g/mol. The molecule has 0 bridgehead atoms. The summed E-state index contributed by atoms with van der Waals surface area (Å²) in [6.07, 6.45) is 6.49. The van der Waals surface area contributed by atoms with Gasteiger partial charge in [-0.3, -0.25) is 4.40 Å². The number of aryl methyl sites for hydroxylation is 1. The van der Waals surface area contributed by atoms with Crippen molar-refractivity contribution < 1.29 is 4.39 Å². The minimum Gasteiger partial charge on any atom is -0.338 e. The highest BCUT2D eigenvalue weighted by Crippen LogP contribution is 2.37. The number of nitrogens with zero attached hydrogens (tertiary/aromatic N) is 8. The Labute approximate surface area is 229 Å². The summed E-state index contributed by atoms with van der Waals surface area (Å²) in [5, 5.41) is 13.8. The summed E-state index contributed by atoms with van der Waals surface area (Å²) >= 11 is 1.30. The van der Waals surface area contributed by atoms with E-state index in [1.54, 1.807) is 12.1 Å². The number of thiazole rings is 1. The molecular weight excluding hydrogens is 513 g/mol. The van der Waals surface area contributed by atoms with Gasteiger partial charge in [0.1, 0.15) is 33.9 Å². The van der Waals surface area contributed by atoms with Gasteiger partial charge in [0.15, 0.2) is 5.13 Å². The van der Waals surface area contributed by atoms with Crippen LogP contribution in [0.4, 0.5) is 21.3 Å². The van der Waals surface area contributed by atoms with Crippen LogP contribution in [0.15, 0.2) is 55.0 Å². The van der Waals surface area contributed by atoms with Crippen molar-refractivity contribution in [3.05, 3.63) is 71.4 Å². The van der Waals surface area contributed by atoms with Gasteiger partial charge in [-0.2, -0.15) is 5.26 Å². The first kappa shape index (κ1) is 24.9. The molecule has 1 aliphatic rings. The van der Waals surface area contributed by atoms with Crippen LogP contribution >= 0.6 is 11.3 Å². The summed E-state index contributed by atoms with van der Waals surface area (Å²) in [5.41, 5.74) is 4.84. The molecule has 196 valence electrons. The molecule has 1 aliphatic heterocycles. The van der Waals surface area contributed by atoms with E-state index in [9.17, 15) is 9.65 Å². The molecule has 0 spiro atoms. The first-order chi connectivity index (χ1) is 19.1. The number of pyridine rings is 1. The number of piperazine rings is 1. The first-order valence-electron chi connectivity index (χ1n) is 12.8. The Morgan fingerprint density at radius 1 is 1.03 bits per heavy atom. The minimum absolute atomic E-state index is 0.331. The molecule has 0 saturated carbocycles. The molecule has 9 nitrogen and oxygen atoms in total. The lowest BCUT2D eigenvalue weighted by molar-refractivity contribution is 0.580. The third-order valence-corrected chi connectivity index (χ3v) is 7.85. The average molecular weight is 540 g/mol. The zero-order chi connectivity index (χ0) is 26.9. The molecular formula is C28H26FN9S. The van der Waals surface area contributed by atoms with Crippen molar-refractivity contribution in [2.75, 3.05) is 43.0 Å². The molecule has 0 aliphatic carbocycles. The van der Waals surface area contributed by atoms with Gasteiger partial charge >= 0.3 is 0 Å². The molecule has 6 rings (SSSR count). The summed E-state index contributed by atoms with van der Waals surface area (Å²) in [6.45, 7) is 5.71. The van der Waals surface area contributed by atoms with Gasteiger partial charge in [0.05, 0.1) is 5.69 Å². The van der Waals surface area contributed by atoms with Gasteiger partial charge < -0.3 is 15.1 Å². The van der Waals surface area contributed by atoms with E-state index in [4.69, 9.17) is 9.97 Å². The minimum atomic E-state index is -0.331. The average Bonchev–Trinajstić information content (AvgIpc) is 3.59. The highest BCUT2D eigenvalue weighted by Gasteiger charge is 2.22. The third-order valence-electron chi connectivity index (χ3n) is 6.81. The second kappa shape index (κ2) is 10.4. The Morgan fingerprint density at radius 3 is 2.44 bits per heavy atom. The molecule has 0 radical (unpaired) electrons. The van der Waals surface area contributed by atoms with Gasteiger partial charge in [0.2, 0.25) is 5.95 Å². The predicted molar refractivity (Wildman–Crippen MR) is 151 cm³/mol. The first-order valence-corrected chi connectivity index (χ1v) is 13.6. The van der Waals surface area contributed by atoms with E-state index in [1.807, 2.05) is 47.1 Å². The Bertz CT molecular complexity index is 1660. The molecule has 39 heavy (non-hydrogen) atoms. The highest BCUT2D eigenvalue weighted by atomic mass is 32.1. The maximum atomic E-state index is 13.5. The number of benzene rings is 1. The third kappa shape index (κ3) is 4.69. The number of nitriles is 1. The van der Waals surface area contributed by atoms with E-state index >= 15 is 0 Å². The number of aromatic nitrogens is 5. The van der Waals surface area contributed by atoms with Crippen LogP contribution in [0.2, 0.25) is 0 Å². The molecule has 0 amide bonds. The van der Waals surface area contributed by atoms with Gasteiger partial charge in [0, 0.05) is 68.5 Å². The quantitative estimate of drug-likeness (QED) is 0.333. The van der Waals surface area contributed by atoms with Crippen molar-refractivity contribution in [2.24, 2.45) is 0 Å². The van der Waals surface area contributed by atoms with E-state index in [0.29, 0.717) is 21.3 Å². The van der Waals surface area contributed by atoms with Gasteiger partial charge in [-0.1, -0.05) is 18.3 Å². The Kier molecular flexibility index (Phi) is 6.64. The Morgan fingerprint density at radius 2 is 1.74 bits per heavy atom. The second-order valence-electron chi connectivity index (χ2n) is 9.24. The summed E-state index contributed by atoms with van der Waals surface area (Å²) in [5.74, 6) is 1.28. The highest BCUT2D eigenvalue weighted by molar-refractivity contribution is 7.16. The zero-order valence-electron chi connectivity index (χ0n) is 21.6. The molecule has 11 heteroatoms. The van der Waals surface area contributed by atoms with Crippen molar-refractivity contribution in [2.45, 2.75) is 13.3 Å². The number of nitrogens with one attached hydrogen (secondary N) is 1. The van der Waals surface area contributed by atoms with Gasteiger partial charge in [-0.25, -0.2) is 24.3 Å². The van der Waals surface area contributed by atoms with E-state index in [-0.39, 0.29) is 5.82 Å². The largest absolute Gasteiger partial charge is 0.338 e. The molecule has 0 unspecified atom stereocenters. The van der Waals surface area contributed by atoms with Crippen LogP contribution in [-0.2, 0) is 6.42 Å². The van der Waals surface area contributed by atoms with Crippen LogP contribution in [0.1, 0.15) is 17.5 Å². The van der Waals surface area contributed by atoms with E-state index in [1.165, 1.54) is 23.5 Å². The summed E-state index contributed by atoms with van der Waals surface area (Å²) in [6, 6.07) is 12.3.